The van der Waals surface area contributed by atoms with Crippen molar-refractivity contribution in [3.05, 3.63) is 0 Å². The molecule has 15 heavy (non-hydrogen) atoms. The second kappa shape index (κ2) is 4.74. The summed E-state index contributed by atoms with van der Waals surface area (Å²) in [5.41, 5.74) is -2.77. The van der Waals surface area contributed by atoms with Crippen LogP contribution in [0.1, 0.15) is 19.8 Å². The van der Waals surface area contributed by atoms with Crippen LogP contribution in [0, 0.1) is 5.92 Å². The number of rotatable bonds is 6. The molecule has 7 nitrogen and oxygen atoms in total. The molecule has 7 heteroatoms. The van der Waals surface area contributed by atoms with Crippen molar-refractivity contribution in [3.63, 3.8) is 0 Å². The van der Waals surface area contributed by atoms with Gasteiger partial charge in [-0.25, -0.2) is 4.79 Å². The number of carboxylic acids is 3. The molecule has 0 rings (SSSR count). The van der Waals surface area contributed by atoms with E-state index in [0.717, 1.165) is 0 Å². The second-order valence-corrected chi connectivity index (χ2v) is 3.10. The Balaban J connectivity index is 5.15. The van der Waals surface area contributed by atoms with E-state index in [2.05, 4.69) is 0 Å². The Bertz CT molecular complexity index is 285. The molecule has 0 aliphatic rings. The van der Waals surface area contributed by atoms with Crippen molar-refractivity contribution in [2.75, 3.05) is 0 Å². The highest BCUT2D eigenvalue weighted by Crippen LogP contribution is 2.25. The van der Waals surface area contributed by atoms with Crippen molar-refractivity contribution >= 4 is 17.9 Å². The van der Waals surface area contributed by atoms with E-state index < -0.39 is 35.8 Å². The predicted molar refractivity (Wildman–Crippen MR) is 46.3 cm³/mol. The van der Waals surface area contributed by atoms with Crippen LogP contribution in [0.5, 0.6) is 0 Å². The maximum atomic E-state index is 10.7. The Morgan fingerprint density at radius 3 is 1.87 bits per heavy atom. The van der Waals surface area contributed by atoms with Crippen molar-refractivity contribution in [1.82, 2.24) is 0 Å². The summed E-state index contributed by atoms with van der Waals surface area (Å²) in [7, 11) is 0. The SMILES string of the molecule is CC[C@H](C(=O)O)[C@@](O)(CC(=O)O)C(=O)O. The van der Waals surface area contributed by atoms with Gasteiger partial charge in [0, 0.05) is 0 Å². The molecule has 0 heterocycles. The molecule has 0 bridgehead atoms. The molecule has 0 aliphatic heterocycles. The molecule has 0 aromatic carbocycles. The summed E-state index contributed by atoms with van der Waals surface area (Å²) in [5.74, 6) is -6.60. The first kappa shape index (κ1) is 13.4. The second-order valence-electron chi connectivity index (χ2n) is 3.10. The minimum atomic E-state index is -2.77. The number of aliphatic carboxylic acids is 3. The summed E-state index contributed by atoms with van der Waals surface area (Å²) in [4.78, 5) is 31.7. The topological polar surface area (TPSA) is 132 Å². The van der Waals surface area contributed by atoms with Gasteiger partial charge in [-0.15, -0.1) is 0 Å². The molecule has 0 saturated heterocycles. The van der Waals surface area contributed by atoms with Gasteiger partial charge in [-0.05, 0) is 6.42 Å². The van der Waals surface area contributed by atoms with Crippen LogP contribution in [-0.4, -0.2) is 43.9 Å². The zero-order valence-corrected chi connectivity index (χ0v) is 8.01. The van der Waals surface area contributed by atoms with Gasteiger partial charge in [0.1, 0.15) is 0 Å². The highest BCUT2D eigenvalue weighted by molar-refractivity contribution is 5.89. The molecule has 0 spiro atoms. The van der Waals surface area contributed by atoms with Gasteiger partial charge in [0.05, 0.1) is 12.3 Å². The van der Waals surface area contributed by atoms with Crippen LogP contribution in [0.2, 0.25) is 0 Å². The Hall–Kier alpha value is -1.63. The van der Waals surface area contributed by atoms with Gasteiger partial charge in [0.25, 0.3) is 0 Å². The molecule has 2 atom stereocenters. The minimum Gasteiger partial charge on any atom is -0.481 e. The Morgan fingerprint density at radius 1 is 1.20 bits per heavy atom. The number of carboxylic acid groups (broad SMARTS) is 3. The highest BCUT2D eigenvalue weighted by atomic mass is 16.4. The monoisotopic (exact) mass is 220 g/mol. The van der Waals surface area contributed by atoms with Crippen LogP contribution in [0.15, 0.2) is 0 Å². The Labute approximate surface area is 85.0 Å². The van der Waals surface area contributed by atoms with Gasteiger partial charge in [0.2, 0.25) is 0 Å². The van der Waals surface area contributed by atoms with Gasteiger partial charge in [-0.1, -0.05) is 6.92 Å². The largest absolute Gasteiger partial charge is 0.481 e. The summed E-state index contributed by atoms with van der Waals surface area (Å²) in [6.07, 6.45) is -1.32. The first-order valence-electron chi connectivity index (χ1n) is 4.16. The van der Waals surface area contributed by atoms with Crippen molar-refractivity contribution in [2.45, 2.75) is 25.4 Å². The lowest BCUT2D eigenvalue weighted by atomic mass is 9.83. The number of carbonyl (C=O) groups is 3. The summed E-state index contributed by atoms with van der Waals surface area (Å²) >= 11 is 0. The van der Waals surface area contributed by atoms with Crippen LogP contribution in [0.25, 0.3) is 0 Å². The molecular formula is C8H12O7. The molecule has 0 fully saturated rings. The maximum Gasteiger partial charge on any atom is 0.337 e. The molecule has 0 aromatic heterocycles. The molecule has 0 amide bonds. The molecule has 86 valence electrons. The Kier molecular flexibility index (Phi) is 4.22. The predicted octanol–water partition coefficient (Wildman–Crippen LogP) is -0.612. The van der Waals surface area contributed by atoms with E-state index >= 15 is 0 Å². The van der Waals surface area contributed by atoms with Crippen LogP contribution in [0.3, 0.4) is 0 Å². The molecular weight excluding hydrogens is 208 g/mol. The van der Waals surface area contributed by atoms with E-state index in [1.54, 1.807) is 0 Å². The van der Waals surface area contributed by atoms with Crippen LogP contribution in [0.4, 0.5) is 0 Å². The zero-order valence-electron chi connectivity index (χ0n) is 8.01. The average molecular weight is 220 g/mol. The average Bonchev–Trinajstić information content (AvgIpc) is 2.02. The van der Waals surface area contributed by atoms with E-state index in [1.165, 1.54) is 6.92 Å². The lowest BCUT2D eigenvalue weighted by molar-refractivity contribution is -0.179. The molecule has 0 aromatic rings. The van der Waals surface area contributed by atoms with Crippen molar-refractivity contribution in [3.8, 4) is 0 Å². The lowest BCUT2D eigenvalue weighted by Crippen LogP contribution is -2.50. The fraction of sp³-hybridized carbons (Fsp3) is 0.625. The van der Waals surface area contributed by atoms with E-state index in [9.17, 15) is 19.5 Å². The fourth-order valence-electron chi connectivity index (χ4n) is 1.29. The maximum absolute atomic E-state index is 10.7. The smallest absolute Gasteiger partial charge is 0.337 e. The fourth-order valence-corrected chi connectivity index (χ4v) is 1.29. The summed E-state index contributed by atoms with van der Waals surface area (Å²) in [6, 6.07) is 0. The Morgan fingerprint density at radius 2 is 1.67 bits per heavy atom. The molecule has 0 unspecified atom stereocenters. The van der Waals surface area contributed by atoms with Gasteiger partial charge < -0.3 is 20.4 Å². The van der Waals surface area contributed by atoms with E-state index in [0.29, 0.717) is 0 Å². The number of hydrogen-bond acceptors (Lipinski definition) is 4. The summed E-state index contributed by atoms with van der Waals surface area (Å²) < 4.78 is 0. The van der Waals surface area contributed by atoms with Crippen molar-refractivity contribution < 1.29 is 34.8 Å². The molecule has 0 radical (unpaired) electrons. The third-order valence-electron chi connectivity index (χ3n) is 2.07. The van der Waals surface area contributed by atoms with Crippen LogP contribution >= 0.6 is 0 Å². The van der Waals surface area contributed by atoms with Gasteiger partial charge in [-0.3, -0.25) is 9.59 Å². The molecule has 0 saturated carbocycles. The summed E-state index contributed by atoms with van der Waals surface area (Å²) in [5, 5.41) is 35.2. The van der Waals surface area contributed by atoms with Gasteiger partial charge in [-0.2, -0.15) is 0 Å². The van der Waals surface area contributed by atoms with Crippen molar-refractivity contribution in [1.29, 1.82) is 0 Å². The quantitative estimate of drug-likeness (QED) is 0.469. The third kappa shape index (κ3) is 2.91. The number of hydrogen-bond donors (Lipinski definition) is 4. The molecule has 0 aliphatic carbocycles. The van der Waals surface area contributed by atoms with Gasteiger partial charge in [0.15, 0.2) is 5.60 Å². The highest BCUT2D eigenvalue weighted by Gasteiger charge is 2.49. The molecule has 4 N–H and O–H groups in total. The van der Waals surface area contributed by atoms with Crippen LogP contribution in [-0.2, 0) is 14.4 Å². The van der Waals surface area contributed by atoms with Crippen LogP contribution < -0.4 is 0 Å². The summed E-state index contributed by atoms with van der Waals surface area (Å²) in [6.45, 7) is 1.36. The number of aliphatic hydroxyl groups is 1. The van der Waals surface area contributed by atoms with E-state index in [1.807, 2.05) is 0 Å². The van der Waals surface area contributed by atoms with Gasteiger partial charge >= 0.3 is 17.9 Å². The van der Waals surface area contributed by atoms with E-state index in [4.69, 9.17) is 15.3 Å². The standard InChI is InChI=1S/C8H12O7/c1-2-4(6(11)12)8(15,7(13)14)3-5(9)10/h4,15H,2-3H2,1H3,(H,9,10)(H,11,12)(H,13,14)/t4-,8+/m1/s1. The minimum absolute atomic E-state index is 0.175. The first-order valence-corrected chi connectivity index (χ1v) is 4.16. The first-order chi connectivity index (χ1) is 6.75. The van der Waals surface area contributed by atoms with Crippen molar-refractivity contribution in [2.24, 2.45) is 5.92 Å². The lowest BCUT2D eigenvalue weighted by Gasteiger charge is -2.27. The normalized spacial score (nSPS) is 16.4. The third-order valence-corrected chi connectivity index (χ3v) is 2.07. The zero-order chi connectivity index (χ0) is 12.2. The van der Waals surface area contributed by atoms with E-state index in [-0.39, 0.29) is 6.42 Å².